The largest absolute Gasteiger partial charge is 0.326 e. The van der Waals surface area contributed by atoms with Crippen molar-refractivity contribution in [3.63, 3.8) is 0 Å². The van der Waals surface area contributed by atoms with Gasteiger partial charge < -0.3 is 5.73 Å². The second-order valence-electron chi connectivity index (χ2n) is 3.74. The Morgan fingerprint density at radius 2 is 2.43 bits per heavy atom. The third-order valence-electron chi connectivity index (χ3n) is 2.76. The van der Waals surface area contributed by atoms with Crippen LogP contribution in [-0.2, 0) is 0 Å². The number of rotatable bonds is 2. The molecule has 1 fully saturated rings. The van der Waals surface area contributed by atoms with Gasteiger partial charge >= 0.3 is 0 Å². The van der Waals surface area contributed by atoms with E-state index in [0.29, 0.717) is 12.1 Å². The van der Waals surface area contributed by atoms with Crippen molar-refractivity contribution in [1.82, 2.24) is 4.90 Å². The topological polar surface area (TPSA) is 29.3 Å². The first-order valence-corrected chi connectivity index (χ1v) is 5.68. The van der Waals surface area contributed by atoms with Crippen molar-refractivity contribution in [2.24, 2.45) is 5.73 Å². The zero-order chi connectivity index (χ0) is 9.26. The maximum atomic E-state index is 5.88. The molecule has 0 amide bonds. The third kappa shape index (κ3) is 2.48. The summed E-state index contributed by atoms with van der Waals surface area (Å²) in [6.45, 7) is 4.48. The van der Waals surface area contributed by atoms with Crippen LogP contribution in [-0.4, -0.2) is 24.0 Å². The molecule has 0 spiro atoms. The molecule has 1 saturated heterocycles. The SMILES string of the molecule is CC(c1cccs1)N1CCC(N)C1.Cl. The summed E-state index contributed by atoms with van der Waals surface area (Å²) in [7, 11) is 0. The Balaban J connectivity index is 0.000000980. The molecule has 4 heteroatoms. The molecule has 0 saturated carbocycles. The molecule has 1 aromatic heterocycles. The van der Waals surface area contributed by atoms with E-state index in [-0.39, 0.29) is 12.4 Å². The van der Waals surface area contributed by atoms with Crippen molar-refractivity contribution in [2.75, 3.05) is 13.1 Å². The maximum absolute atomic E-state index is 5.88. The van der Waals surface area contributed by atoms with Crippen LogP contribution in [0.2, 0.25) is 0 Å². The highest BCUT2D eigenvalue weighted by Gasteiger charge is 2.24. The van der Waals surface area contributed by atoms with Crippen LogP contribution < -0.4 is 5.73 Å². The van der Waals surface area contributed by atoms with Gasteiger partial charge in [0.2, 0.25) is 0 Å². The van der Waals surface area contributed by atoms with Gasteiger partial charge in [-0.15, -0.1) is 23.7 Å². The number of thiophene rings is 1. The van der Waals surface area contributed by atoms with Gasteiger partial charge in [0.1, 0.15) is 0 Å². The minimum atomic E-state index is 0. The Morgan fingerprint density at radius 3 is 2.93 bits per heavy atom. The quantitative estimate of drug-likeness (QED) is 0.848. The molecule has 2 rings (SSSR count). The van der Waals surface area contributed by atoms with Gasteiger partial charge in [-0.05, 0) is 24.8 Å². The maximum Gasteiger partial charge on any atom is 0.0413 e. The summed E-state index contributed by atoms with van der Waals surface area (Å²) in [6, 6.07) is 5.27. The Kier molecular flexibility index (Phi) is 4.38. The molecule has 0 bridgehead atoms. The van der Waals surface area contributed by atoms with Crippen LogP contribution in [0.15, 0.2) is 17.5 Å². The Labute approximate surface area is 95.5 Å². The zero-order valence-electron chi connectivity index (χ0n) is 8.35. The first-order chi connectivity index (χ1) is 6.27. The molecular formula is C10H17ClN2S. The fourth-order valence-corrected chi connectivity index (χ4v) is 2.69. The van der Waals surface area contributed by atoms with Gasteiger partial charge in [0.05, 0.1) is 0 Å². The van der Waals surface area contributed by atoms with Crippen molar-refractivity contribution in [2.45, 2.75) is 25.4 Å². The van der Waals surface area contributed by atoms with Crippen LogP contribution in [0.5, 0.6) is 0 Å². The average Bonchev–Trinajstić information content (AvgIpc) is 2.72. The monoisotopic (exact) mass is 232 g/mol. The van der Waals surface area contributed by atoms with E-state index in [0.717, 1.165) is 19.5 Å². The standard InChI is InChI=1S/C10H16N2S.ClH/c1-8(10-3-2-6-13-10)12-5-4-9(11)7-12;/h2-3,6,8-9H,4-5,7,11H2,1H3;1H. The molecule has 2 N–H and O–H groups in total. The van der Waals surface area contributed by atoms with Crippen molar-refractivity contribution in [1.29, 1.82) is 0 Å². The van der Waals surface area contributed by atoms with E-state index in [1.165, 1.54) is 4.88 Å². The van der Waals surface area contributed by atoms with Gasteiger partial charge in [0, 0.05) is 30.1 Å². The number of halogens is 1. The van der Waals surface area contributed by atoms with Crippen LogP contribution in [0.4, 0.5) is 0 Å². The van der Waals surface area contributed by atoms with Crippen LogP contribution in [0, 0.1) is 0 Å². The van der Waals surface area contributed by atoms with E-state index in [1.54, 1.807) is 0 Å². The van der Waals surface area contributed by atoms with Gasteiger partial charge in [0.15, 0.2) is 0 Å². The van der Waals surface area contributed by atoms with Crippen LogP contribution in [0.3, 0.4) is 0 Å². The van der Waals surface area contributed by atoms with Gasteiger partial charge in [-0.2, -0.15) is 0 Å². The minimum absolute atomic E-state index is 0. The Morgan fingerprint density at radius 1 is 1.64 bits per heavy atom. The summed E-state index contributed by atoms with van der Waals surface area (Å²) >= 11 is 1.84. The lowest BCUT2D eigenvalue weighted by molar-refractivity contribution is 0.263. The van der Waals surface area contributed by atoms with Gasteiger partial charge in [-0.25, -0.2) is 0 Å². The predicted octanol–water partition coefficient (Wildman–Crippen LogP) is 2.26. The molecule has 80 valence electrons. The summed E-state index contributed by atoms with van der Waals surface area (Å²) in [4.78, 5) is 3.92. The molecule has 2 unspecified atom stereocenters. The van der Waals surface area contributed by atoms with E-state index >= 15 is 0 Å². The molecule has 1 aromatic rings. The second-order valence-corrected chi connectivity index (χ2v) is 4.71. The van der Waals surface area contributed by atoms with Crippen LogP contribution in [0.1, 0.15) is 24.3 Å². The molecule has 2 atom stereocenters. The molecule has 0 aliphatic carbocycles. The summed E-state index contributed by atoms with van der Waals surface area (Å²) < 4.78 is 0. The smallest absolute Gasteiger partial charge is 0.0413 e. The molecule has 2 heterocycles. The van der Waals surface area contributed by atoms with Crippen molar-refractivity contribution in [3.05, 3.63) is 22.4 Å². The van der Waals surface area contributed by atoms with Crippen molar-refractivity contribution < 1.29 is 0 Å². The van der Waals surface area contributed by atoms with Crippen LogP contribution in [0.25, 0.3) is 0 Å². The summed E-state index contributed by atoms with van der Waals surface area (Å²) in [5.41, 5.74) is 5.88. The minimum Gasteiger partial charge on any atom is -0.326 e. The molecule has 14 heavy (non-hydrogen) atoms. The highest BCUT2D eigenvalue weighted by Crippen LogP contribution is 2.27. The number of likely N-dealkylation sites (tertiary alicyclic amines) is 1. The van der Waals surface area contributed by atoms with Crippen molar-refractivity contribution in [3.8, 4) is 0 Å². The number of hydrogen-bond acceptors (Lipinski definition) is 3. The fourth-order valence-electron chi connectivity index (χ4n) is 1.88. The summed E-state index contributed by atoms with van der Waals surface area (Å²) in [5, 5.41) is 2.14. The number of nitrogens with zero attached hydrogens (tertiary/aromatic N) is 1. The van der Waals surface area contributed by atoms with E-state index in [4.69, 9.17) is 5.73 Å². The van der Waals surface area contributed by atoms with E-state index in [9.17, 15) is 0 Å². The molecule has 0 radical (unpaired) electrons. The number of nitrogens with two attached hydrogens (primary N) is 1. The van der Waals surface area contributed by atoms with Crippen LogP contribution >= 0.6 is 23.7 Å². The molecule has 1 aliphatic rings. The average molecular weight is 233 g/mol. The summed E-state index contributed by atoms with van der Waals surface area (Å²) in [5.74, 6) is 0. The first-order valence-electron chi connectivity index (χ1n) is 4.80. The summed E-state index contributed by atoms with van der Waals surface area (Å²) in [6.07, 6.45) is 1.15. The lowest BCUT2D eigenvalue weighted by Crippen LogP contribution is -2.28. The Bertz CT molecular complexity index is 263. The van der Waals surface area contributed by atoms with Gasteiger partial charge in [-0.1, -0.05) is 6.07 Å². The lowest BCUT2D eigenvalue weighted by Gasteiger charge is -2.22. The van der Waals surface area contributed by atoms with Crippen molar-refractivity contribution >= 4 is 23.7 Å². The third-order valence-corrected chi connectivity index (χ3v) is 3.80. The second kappa shape index (κ2) is 5.12. The van der Waals surface area contributed by atoms with E-state index in [1.807, 2.05) is 11.3 Å². The predicted molar refractivity (Wildman–Crippen MR) is 64.1 cm³/mol. The normalized spacial score (nSPS) is 24.6. The molecular weight excluding hydrogens is 216 g/mol. The van der Waals surface area contributed by atoms with E-state index in [2.05, 4.69) is 29.3 Å². The number of hydrogen-bond donors (Lipinski definition) is 1. The fraction of sp³-hybridized carbons (Fsp3) is 0.600. The van der Waals surface area contributed by atoms with Gasteiger partial charge in [0.25, 0.3) is 0 Å². The molecule has 0 aromatic carbocycles. The highest BCUT2D eigenvalue weighted by molar-refractivity contribution is 7.10. The zero-order valence-corrected chi connectivity index (χ0v) is 9.98. The van der Waals surface area contributed by atoms with E-state index < -0.39 is 0 Å². The lowest BCUT2D eigenvalue weighted by atomic mass is 10.2. The Hall–Kier alpha value is -0.0900. The molecule has 1 aliphatic heterocycles. The molecule has 2 nitrogen and oxygen atoms in total. The first kappa shape index (κ1) is 12.0. The highest BCUT2D eigenvalue weighted by atomic mass is 35.5. The van der Waals surface area contributed by atoms with Gasteiger partial charge in [-0.3, -0.25) is 4.90 Å².